The highest BCUT2D eigenvalue weighted by Gasteiger charge is 2.45. The lowest BCUT2D eigenvalue weighted by molar-refractivity contribution is -0.124. The summed E-state index contributed by atoms with van der Waals surface area (Å²) in [5.74, 6) is 0.921. The monoisotopic (exact) mass is 387 g/mol. The van der Waals surface area contributed by atoms with Crippen LogP contribution in [-0.2, 0) is 16.0 Å². The molecule has 0 unspecified atom stereocenters. The lowest BCUT2D eigenvalue weighted by atomic mass is 9.64. The van der Waals surface area contributed by atoms with Gasteiger partial charge in [0.2, 0.25) is 11.0 Å². The number of anilines is 1. The first-order valence-electron chi connectivity index (χ1n) is 8.12. The summed E-state index contributed by atoms with van der Waals surface area (Å²) in [6.45, 7) is 0. The molecule has 1 saturated carbocycles. The van der Waals surface area contributed by atoms with Crippen molar-refractivity contribution in [3.05, 3.63) is 58.3 Å². The minimum Gasteiger partial charge on any atom is -0.300 e. The van der Waals surface area contributed by atoms with E-state index >= 15 is 0 Å². The normalized spacial score (nSPS) is 15.5. The number of thioether (sulfide) groups is 1. The smallest absolute Gasteiger partial charge is 0.236 e. The molecule has 1 aliphatic carbocycles. The fraction of sp³-hybridized carbons (Fsp3) is 0.278. The molecule has 0 bridgehead atoms. The maximum absolute atomic E-state index is 12.9. The van der Waals surface area contributed by atoms with Crippen LogP contribution in [0.15, 0.2) is 52.2 Å². The third-order valence-corrected chi connectivity index (χ3v) is 7.59. The van der Waals surface area contributed by atoms with Crippen LogP contribution in [0.25, 0.3) is 0 Å². The number of benzene rings is 1. The molecule has 1 fully saturated rings. The predicted octanol–water partition coefficient (Wildman–Crippen LogP) is 4.95. The third-order valence-electron chi connectivity index (χ3n) is 4.51. The second-order valence-electron chi connectivity index (χ2n) is 6.00. The van der Waals surface area contributed by atoms with Crippen LogP contribution in [0.4, 0.5) is 5.13 Å². The van der Waals surface area contributed by atoms with Crippen molar-refractivity contribution in [2.24, 2.45) is 0 Å². The summed E-state index contributed by atoms with van der Waals surface area (Å²) in [4.78, 5) is 14.2. The average molecular weight is 388 g/mol. The summed E-state index contributed by atoms with van der Waals surface area (Å²) < 4.78 is 0.881. The molecule has 1 aliphatic rings. The van der Waals surface area contributed by atoms with E-state index in [2.05, 4.69) is 27.0 Å². The van der Waals surface area contributed by atoms with Gasteiger partial charge >= 0.3 is 0 Å². The zero-order valence-corrected chi connectivity index (χ0v) is 15.9. The fourth-order valence-electron chi connectivity index (χ4n) is 3.00. The van der Waals surface area contributed by atoms with Crippen molar-refractivity contribution < 1.29 is 4.79 Å². The van der Waals surface area contributed by atoms with Crippen molar-refractivity contribution in [1.29, 1.82) is 0 Å². The largest absolute Gasteiger partial charge is 0.300 e. The van der Waals surface area contributed by atoms with E-state index in [1.54, 1.807) is 23.1 Å². The molecule has 4 rings (SSSR count). The van der Waals surface area contributed by atoms with E-state index in [0.29, 0.717) is 5.13 Å². The summed E-state index contributed by atoms with van der Waals surface area (Å²) in [6.07, 6.45) is 2.86. The Kier molecular flexibility index (Phi) is 4.87. The fourth-order valence-corrected chi connectivity index (χ4v) is 5.52. The molecule has 128 valence electrons. The molecular formula is C18H17N3OS3. The second kappa shape index (κ2) is 7.27. The van der Waals surface area contributed by atoms with Crippen LogP contribution in [0.1, 0.15) is 29.7 Å². The van der Waals surface area contributed by atoms with Gasteiger partial charge in [-0.05, 0) is 29.9 Å². The van der Waals surface area contributed by atoms with Gasteiger partial charge in [-0.3, -0.25) is 10.1 Å². The van der Waals surface area contributed by atoms with Crippen molar-refractivity contribution in [3.63, 3.8) is 0 Å². The lowest BCUT2D eigenvalue weighted by Crippen LogP contribution is -2.45. The summed E-state index contributed by atoms with van der Waals surface area (Å²) in [6, 6.07) is 14.2. The quantitative estimate of drug-likeness (QED) is 0.480. The second-order valence-corrected chi connectivity index (χ2v) is 9.23. The lowest BCUT2D eigenvalue weighted by Gasteiger charge is -2.40. The molecule has 1 aromatic carbocycles. The molecule has 0 atom stereocenters. The summed E-state index contributed by atoms with van der Waals surface area (Å²) in [5, 5.41) is 14.0. The van der Waals surface area contributed by atoms with Gasteiger partial charge in [-0.15, -0.1) is 21.5 Å². The van der Waals surface area contributed by atoms with E-state index in [1.165, 1.54) is 16.2 Å². The summed E-state index contributed by atoms with van der Waals surface area (Å²) in [5.41, 5.74) is 0.688. The Labute approximate surface area is 158 Å². The van der Waals surface area contributed by atoms with Crippen LogP contribution in [-0.4, -0.2) is 16.1 Å². The van der Waals surface area contributed by atoms with Crippen molar-refractivity contribution >= 4 is 45.5 Å². The van der Waals surface area contributed by atoms with Crippen LogP contribution in [0.5, 0.6) is 0 Å². The Hall–Kier alpha value is -1.70. The Balaban J connectivity index is 1.42. The maximum Gasteiger partial charge on any atom is 0.236 e. The van der Waals surface area contributed by atoms with Gasteiger partial charge in [0, 0.05) is 10.6 Å². The highest BCUT2D eigenvalue weighted by molar-refractivity contribution is 8.00. The Morgan fingerprint density at radius 2 is 2.00 bits per heavy atom. The molecule has 0 spiro atoms. The van der Waals surface area contributed by atoms with Gasteiger partial charge in [-0.1, -0.05) is 65.9 Å². The van der Waals surface area contributed by atoms with Crippen LogP contribution in [0, 0.1) is 0 Å². The van der Waals surface area contributed by atoms with Gasteiger partial charge in [-0.25, -0.2) is 0 Å². The molecule has 1 N–H and O–H groups in total. The minimum absolute atomic E-state index is 0.0379. The number of hydrogen-bond donors (Lipinski definition) is 1. The van der Waals surface area contributed by atoms with Crippen LogP contribution >= 0.6 is 34.4 Å². The van der Waals surface area contributed by atoms with Gasteiger partial charge in [0.05, 0.1) is 5.41 Å². The Morgan fingerprint density at radius 1 is 1.16 bits per heavy atom. The van der Waals surface area contributed by atoms with Crippen molar-refractivity contribution in [2.75, 3.05) is 5.32 Å². The number of nitrogens with zero attached hydrogens (tertiary/aromatic N) is 2. The highest BCUT2D eigenvalue weighted by atomic mass is 32.2. The highest BCUT2D eigenvalue weighted by Crippen LogP contribution is 2.44. The first-order chi connectivity index (χ1) is 12.3. The first kappa shape index (κ1) is 16.8. The summed E-state index contributed by atoms with van der Waals surface area (Å²) in [7, 11) is 0. The van der Waals surface area contributed by atoms with E-state index in [0.717, 1.165) is 34.9 Å². The summed E-state index contributed by atoms with van der Waals surface area (Å²) >= 11 is 4.83. The van der Waals surface area contributed by atoms with E-state index < -0.39 is 5.41 Å². The van der Waals surface area contributed by atoms with Crippen LogP contribution < -0.4 is 5.32 Å². The van der Waals surface area contributed by atoms with E-state index in [9.17, 15) is 4.79 Å². The molecule has 7 heteroatoms. The molecule has 1 amide bonds. The van der Waals surface area contributed by atoms with Gasteiger partial charge < -0.3 is 0 Å². The van der Waals surface area contributed by atoms with E-state index in [1.807, 2.05) is 36.4 Å². The SMILES string of the molecule is O=C(Nc1nnc(SCc2cccs2)s1)C1(c2ccccc2)CCC1. The number of rotatable bonds is 6. The van der Waals surface area contributed by atoms with Gasteiger partial charge in [0.1, 0.15) is 0 Å². The van der Waals surface area contributed by atoms with Gasteiger partial charge in [-0.2, -0.15) is 0 Å². The molecule has 3 aromatic rings. The topological polar surface area (TPSA) is 54.9 Å². The number of amides is 1. The third kappa shape index (κ3) is 3.49. The average Bonchev–Trinajstić information content (AvgIpc) is 3.24. The molecule has 25 heavy (non-hydrogen) atoms. The molecule has 2 aromatic heterocycles. The number of hydrogen-bond acceptors (Lipinski definition) is 6. The molecule has 0 radical (unpaired) electrons. The van der Waals surface area contributed by atoms with E-state index in [-0.39, 0.29) is 5.91 Å². The van der Waals surface area contributed by atoms with Gasteiger partial charge in [0.15, 0.2) is 4.34 Å². The number of aromatic nitrogens is 2. The Bertz CT molecular complexity index is 842. The zero-order valence-electron chi connectivity index (χ0n) is 13.5. The Morgan fingerprint density at radius 3 is 2.68 bits per heavy atom. The van der Waals surface area contributed by atoms with Crippen molar-refractivity contribution in [2.45, 2.75) is 34.8 Å². The molecule has 0 saturated heterocycles. The minimum atomic E-state index is -0.406. The number of thiophene rings is 1. The number of carbonyl (C=O) groups is 1. The van der Waals surface area contributed by atoms with Gasteiger partial charge in [0.25, 0.3) is 0 Å². The molecule has 2 heterocycles. The van der Waals surface area contributed by atoms with Crippen molar-refractivity contribution in [1.82, 2.24) is 10.2 Å². The molecule has 0 aliphatic heterocycles. The standard InChI is InChI=1S/C18H17N3OS3/c22-15(18(9-5-10-18)13-6-2-1-3-7-13)19-16-20-21-17(25-16)24-12-14-8-4-11-23-14/h1-4,6-8,11H,5,9-10,12H2,(H,19,20,22). The predicted molar refractivity (Wildman–Crippen MR) is 104 cm³/mol. The number of carbonyl (C=O) groups excluding carboxylic acids is 1. The number of nitrogens with one attached hydrogen (secondary N) is 1. The van der Waals surface area contributed by atoms with Crippen LogP contribution in [0.2, 0.25) is 0 Å². The van der Waals surface area contributed by atoms with E-state index in [4.69, 9.17) is 0 Å². The zero-order chi connectivity index (χ0) is 17.1. The van der Waals surface area contributed by atoms with Crippen molar-refractivity contribution in [3.8, 4) is 0 Å². The maximum atomic E-state index is 12.9. The molecule has 4 nitrogen and oxygen atoms in total. The van der Waals surface area contributed by atoms with Crippen LogP contribution in [0.3, 0.4) is 0 Å². The first-order valence-corrected chi connectivity index (χ1v) is 10.8. The molecular weight excluding hydrogens is 370 g/mol.